The van der Waals surface area contributed by atoms with Crippen molar-refractivity contribution in [1.29, 1.82) is 0 Å². The van der Waals surface area contributed by atoms with Crippen LogP contribution in [0.1, 0.15) is 46.5 Å². The summed E-state index contributed by atoms with van der Waals surface area (Å²) in [6.45, 7) is 5.90. The summed E-state index contributed by atoms with van der Waals surface area (Å²) < 4.78 is 0. The van der Waals surface area contributed by atoms with Gasteiger partial charge in [-0.3, -0.25) is 0 Å². The second-order valence-corrected chi connectivity index (χ2v) is 6.71. The summed E-state index contributed by atoms with van der Waals surface area (Å²) in [6.07, 6.45) is 5.30. The van der Waals surface area contributed by atoms with Gasteiger partial charge in [0, 0.05) is 18.4 Å². The first-order valence-corrected chi connectivity index (χ1v) is 7.04. The molecule has 3 nitrogen and oxygen atoms in total. The third kappa shape index (κ3) is 2.36. The molecule has 2 aliphatic carbocycles. The number of hydrogen-bond donors (Lipinski definition) is 3. The fourth-order valence-electron chi connectivity index (χ4n) is 3.65. The van der Waals surface area contributed by atoms with Gasteiger partial charge in [0.05, 0.1) is 11.2 Å². The van der Waals surface area contributed by atoms with Crippen LogP contribution in [-0.2, 0) is 0 Å². The molecule has 0 saturated heterocycles. The van der Waals surface area contributed by atoms with E-state index in [4.69, 9.17) is 0 Å². The van der Waals surface area contributed by atoms with Crippen LogP contribution in [0.4, 0.5) is 0 Å². The van der Waals surface area contributed by atoms with Crippen molar-refractivity contribution in [3.63, 3.8) is 0 Å². The molecule has 0 unspecified atom stereocenters. The Morgan fingerprint density at radius 3 is 2.56 bits per heavy atom. The Labute approximate surface area is 110 Å². The minimum absolute atomic E-state index is 0.0130. The van der Waals surface area contributed by atoms with Crippen LogP contribution >= 0.6 is 0 Å². The van der Waals surface area contributed by atoms with Crippen LogP contribution in [0, 0.1) is 17.8 Å². The molecule has 0 bridgehead atoms. The van der Waals surface area contributed by atoms with E-state index in [9.17, 15) is 15.3 Å². The molecule has 0 aromatic carbocycles. The van der Waals surface area contributed by atoms with Crippen LogP contribution in [0.25, 0.3) is 0 Å². The quantitative estimate of drug-likeness (QED) is 0.659. The standard InChI is InChI=1S/C15H26O3/c1-10(9-16)11-4-6-14(2,17)12-5-7-15(3,18)13(12)8-11/h8,10,12-13,16-18H,4-7,9H2,1-3H3/t10-,12-,13+,14-,15+/m0/s1. The number of aliphatic hydroxyl groups excluding tert-OH is 1. The summed E-state index contributed by atoms with van der Waals surface area (Å²) in [5.41, 5.74) is -0.245. The summed E-state index contributed by atoms with van der Waals surface area (Å²) in [5.74, 6) is 0.269. The zero-order chi connectivity index (χ0) is 13.6. The molecule has 1 saturated carbocycles. The van der Waals surface area contributed by atoms with E-state index < -0.39 is 11.2 Å². The highest BCUT2D eigenvalue weighted by atomic mass is 16.3. The average Bonchev–Trinajstić information content (AvgIpc) is 2.50. The fourth-order valence-corrected chi connectivity index (χ4v) is 3.65. The van der Waals surface area contributed by atoms with Gasteiger partial charge < -0.3 is 15.3 Å². The van der Waals surface area contributed by atoms with E-state index in [1.54, 1.807) is 0 Å². The molecule has 0 aromatic heterocycles. The van der Waals surface area contributed by atoms with Gasteiger partial charge in [-0.05, 0) is 45.4 Å². The lowest BCUT2D eigenvalue weighted by atomic mass is 9.77. The summed E-state index contributed by atoms with van der Waals surface area (Å²) >= 11 is 0. The first-order chi connectivity index (χ1) is 8.28. The third-order valence-electron chi connectivity index (χ3n) is 5.13. The number of fused-ring (bicyclic) bond motifs is 1. The lowest BCUT2D eigenvalue weighted by Gasteiger charge is -2.34. The molecule has 0 heterocycles. The molecular weight excluding hydrogens is 228 g/mol. The highest BCUT2D eigenvalue weighted by Gasteiger charge is 2.50. The van der Waals surface area contributed by atoms with E-state index in [1.807, 2.05) is 20.8 Å². The van der Waals surface area contributed by atoms with Gasteiger partial charge in [-0.1, -0.05) is 18.6 Å². The maximum Gasteiger partial charge on any atom is 0.0686 e. The molecule has 0 aromatic rings. The van der Waals surface area contributed by atoms with Gasteiger partial charge in [-0.25, -0.2) is 0 Å². The summed E-state index contributed by atoms with van der Waals surface area (Å²) in [7, 11) is 0. The van der Waals surface area contributed by atoms with Crippen molar-refractivity contribution in [2.75, 3.05) is 6.61 Å². The van der Waals surface area contributed by atoms with Crippen LogP contribution in [0.15, 0.2) is 11.6 Å². The van der Waals surface area contributed by atoms with Crippen LogP contribution in [0.2, 0.25) is 0 Å². The highest BCUT2D eigenvalue weighted by Crippen LogP contribution is 2.50. The highest BCUT2D eigenvalue weighted by molar-refractivity contribution is 5.19. The van der Waals surface area contributed by atoms with Crippen molar-refractivity contribution in [1.82, 2.24) is 0 Å². The van der Waals surface area contributed by atoms with Crippen molar-refractivity contribution in [3.05, 3.63) is 11.6 Å². The summed E-state index contributed by atoms with van der Waals surface area (Å²) in [5, 5.41) is 30.4. The van der Waals surface area contributed by atoms with Crippen molar-refractivity contribution in [3.8, 4) is 0 Å². The molecule has 0 spiro atoms. The van der Waals surface area contributed by atoms with Gasteiger partial charge in [0.2, 0.25) is 0 Å². The van der Waals surface area contributed by atoms with E-state index >= 15 is 0 Å². The number of rotatable bonds is 2. The van der Waals surface area contributed by atoms with Crippen molar-refractivity contribution >= 4 is 0 Å². The van der Waals surface area contributed by atoms with E-state index in [0.717, 1.165) is 25.7 Å². The van der Waals surface area contributed by atoms with Crippen LogP contribution in [0.3, 0.4) is 0 Å². The monoisotopic (exact) mass is 254 g/mol. The lowest BCUT2D eigenvalue weighted by molar-refractivity contribution is -0.0419. The Hall–Kier alpha value is -0.380. The van der Waals surface area contributed by atoms with E-state index in [1.165, 1.54) is 5.57 Å². The Morgan fingerprint density at radius 1 is 1.28 bits per heavy atom. The molecular formula is C15H26O3. The maximum atomic E-state index is 10.6. The average molecular weight is 254 g/mol. The summed E-state index contributed by atoms with van der Waals surface area (Å²) in [6, 6.07) is 0. The molecule has 3 N–H and O–H groups in total. The predicted molar refractivity (Wildman–Crippen MR) is 71.0 cm³/mol. The van der Waals surface area contributed by atoms with Crippen LogP contribution in [0.5, 0.6) is 0 Å². The van der Waals surface area contributed by atoms with Crippen molar-refractivity contribution < 1.29 is 15.3 Å². The molecule has 104 valence electrons. The summed E-state index contributed by atoms with van der Waals surface area (Å²) in [4.78, 5) is 0. The third-order valence-corrected chi connectivity index (χ3v) is 5.13. The number of hydrogen-bond acceptors (Lipinski definition) is 3. The molecule has 0 amide bonds. The van der Waals surface area contributed by atoms with Crippen molar-refractivity contribution in [2.24, 2.45) is 17.8 Å². The second kappa shape index (κ2) is 4.62. The van der Waals surface area contributed by atoms with Gasteiger partial charge >= 0.3 is 0 Å². The zero-order valence-corrected chi connectivity index (χ0v) is 11.7. The molecule has 2 aliphatic rings. The minimum atomic E-state index is -0.723. The molecule has 5 atom stereocenters. The Balaban J connectivity index is 2.34. The van der Waals surface area contributed by atoms with E-state index in [0.29, 0.717) is 0 Å². The van der Waals surface area contributed by atoms with Crippen molar-refractivity contribution in [2.45, 2.75) is 57.7 Å². The van der Waals surface area contributed by atoms with Gasteiger partial charge in [0.25, 0.3) is 0 Å². The second-order valence-electron chi connectivity index (χ2n) is 6.71. The topological polar surface area (TPSA) is 60.7 Å². The van der Waals surface area contributed by atoms with Crippen LogP contribution < -0.4 is 0 Å². The Kier molecular flexibility index (Phi) is 3.60. The van der Waals surface area contributed by atoms with Gasteiger partial charge in [-0.2, -0.15) is 0 Å². The van der Waals surface area contributed by atoms with E-state index in [-0.39, 0.29) is 24.4 Å². The smallest absolute Gasteiger partial charge is 0.0686 e. The molecule has 0 radical (unpaired) electrons. The number of aliphatic hydroxyl groups is 3. The van der Waals surface area contributed by atoms with Gasteiger partial charge in [0.1, 0.15) is 0 Å². The normalized spacial score (nSPS) is 46.2. The molecule has 2 rings (SSSR count). The van der Waals surface area contributed by atoms with E-state index in [2.05, 4.69) is 6.08 Å². The molecule has 18 heavy (non-hydrogen) atoms. The SMILES string of the molecule is C[C@@H](CO)C1=C[C@@H]2[C@H](CC[C@@]2(C)O)[C@@](C)(O)CC1. The predicted octanol–water partition coefficient (Wildman–Crippen LogP) is 1.86. The lowest BCUT2D eigenvalue weighted by Crippen LogP contribution is -2.40. The zero-order valence-electron chi connectivity index (χ0n) is 11.7. The van der Waals surface area contributed by atoms with Gasteiger partial charge in [-0.15, -0.1) is 0 Å². The minimum Gasteiger partial charge on any atom is -0.396 e. The first-order valence-electron chi connectivity index (χ1n) is 7.04. The largest absolute Gasteiger partial charge is 0.396 e. The fraction of sp³-hybridized carbons (Fsp3) is 0.867. The molecule has 1 fully saturated rings. The molecule has 3 heteroatoms. The van der Waals surface area contributed by atoms with Gasteiger partial charge in [0.15, 0.2) is 0 Å². The first kappa shape index (κ1) is 14.0. The Bertz CT molecular complexity index is 344. The van der Waals surface area contributed by atoms with Crippen LogP contribution in [-0.4, -0.2) is 33.1 Å². The Morgan fingerprint density at radius 2 is 1.94 bits per heavy atom. The molecule has 0 aliphatic heterocycles. The maximum absolute atomic E-state index is 10.6.